The molecule has 0 aliphatic carbocycles. The van der Waals surface area contributed by atoms with Crippen LogP contribution in [0.4, 0.5) is 10.1 Å². The number of anilines is 1. The summed E-state index contributed by atoms with van der Waals surface area (Å²) in [6, 6.07) is 5.25. The van der Waals surface area contributed by atoms with Gasteiger partial charge in [-0.05, 0) is 43.9 Å². The third-order valence-corrected chi connectivity index (χ3v) is 3.19. The van der Waals surface area contributed by atoms with Crippen LogP contribution in [0.5, 0.6) is 0 Å². The topological polar surface area (TPSA) is 29.3 Å². The fourth-order valence-corrected chi connectivity index (χ4v) is 2.20. The van der Waals surface area contributed by atoms with E-state index >= 15 is 0 Å². The lowest BCUT2D eigenvalue weighted by molar-refractivity contribution is 0.555. The summed E-state index contributed by atoms with van der Waals surface area (Å²) in [6.45, 7) is 3.80. The molecule has 1 aliphatic rings. The summed E-state index contributed by atoms with van der Waals surface area (Å²) in [6.07, 6.45) is 3.58. The first-order valence-electron chi connectivity index (χ1n) is 5.98. The first-order valence-corrected chi connectivity index (χ1v) is 5.98. The number of benzene rings is 1. The minimum atomic E-state index is -0.142. The number of nitrogens with two attached hydrogens (primary N) is 1. The van der Waals surface area contributed by atoms with Crippen LogP contribution in [-0.4, -0.2) is 13.1 Å². The van der Waals surface area contributed by atoms with Crippen LogP contribution in [0.3, 0.4) is 0 Å². The molecule has 0 radical (unpaired) electrons. The molecule has 0 spiro atoms. The van der Waals surface area contributed by atoms with Crippen LogP contribution in [0, 0.1) is 5.82 Å². The predicted molar refractivity (Wildman–Crippen MR) is 65.1 cm³/mol. The van der Waals surface area contributed by atoms with Crippen LogP contribution in [0.25, 0.3) is 0 Å². The molecule has 1 aromatic carbocycles. The van der Waals surface area contributed by atoms with E-state index in [0.717, 1.165) is 37.2 Å². The molecule has 1 heterocycles. The molecule has 88 valence electrons. The molecule has 1 atom stereocenters. The lowest BCUT2D eigenvalue weighted by Gasteiger charge is -2.29. The number of hydrogen-bond acceptors (Lipinski definition) is 2. The molecule has 16 heavy (non-hydrogen) atoms. The summed E-state index contributed by atoms with van der Waals surface area (Å²) >= 11 is 0. The highest BCUT2D eigenvalue weighted by atomic mass is 19.1. The largest absolute Gasteiger partial charge is 0.369 e. The van der Waals surface area contributed by atoms with E-state index in [2.05, 4.69) is 4.90 Å². The zero-order valence-corrected chi connectivity index (χ0v) is 9.75. The van der Waals surface area contributed by atoms with Crippen LogP contribution in [0.15, 0.2) is 18.2 Å². The summed E-state index contributed by atoms with van der Waals surface area (Å²) in [5.41, 5.74) is 7.32. The molecule has 3 heteroatoms. The van der Waals surface area contributed by atoms with Crippen molar-refractivity contribution in [3.8, 4) is 0 Å². The molecule has 0 aromatic heterocycles. The van der Waals surface area contributed by atoms with E-state index in [1.165, 1.54) is 6.42 Å². The molecule has 2 nitrogen and oxygen atoms in total. The van der Waals surface area contributed by atoms with Gasteiger partial charge >= 0.3 is 0 Å². The van der Waals surface area contributed by atoms with Crippen molar-refractivity contribution in [2.75, 3.05) is 18.0 Å². The third kappa shape index (κ3) is 2.35. The van der Waals surface area contributed by atoms with Gasteiger partial charge in [0.05, 0.1) is 5.69 Å². The summed E-state index contributed by atoms with van der Waals surface area (Å²) in [5.74, 6) is -0.142. The first kappa shape index (κ1) is 11.4. The van der Waals surface area contributed by atoms with Gasteiger partial charge in [0, 0.05) is 19.1 Å². The summed E-state index contributed by atoms with van der Waals surface area (Å²) in [4.78, 5) is 2.13. The average Bonchev–Trinajstić information content (AvgIpc) is 2.30. The van der Waals surface area contributed by atoms with E-state index in [1.807, 2.05) is 19.1 Å². The smallest absolute Gasteiger partial charge is 0.146 e. The van der Waals surface area contributed by atoms with Crippen molar-refractivity contribution in [2.24, 2.45) is 5.73 Å². The van der Waals surface area contributed by atoms with Crippen molar-refractivity contribution in [3.05, 3.63) is 29.6 Å². The first-order chi connectivity index (χ1) is 7.68. The molecule has 0 bridgehead atoms. The second-order valence-corrected chi connectivity index (χ2v) is 4.55. The second kappa shape index (κ2) is 4.83. The van der Waals surface area contributed by atoms with Crippen molar-refractivity contribution in [3.63, 3.8) is 0 Å². The van der Waals surface area contributed by atoms with Crippen molar-refractivity contribution < 1.29 is 4.39 Å². The molecule has 1 fully saturated rings. The Morgan fingerprint density at radius 3 is 2.50 bits per heavy atom. The molecule has 1 aromatic rings. The zero-order valence-electron chi connectivity index (χ0n) is 9.75. The molecular weight excluding hydrogens is 203 g/mol. The fraction of sp³-hybridized carbons (Fsp3) is 0.538. The van der Waals surface area contributed by atoms with E-state index in [4.69, 9.17) is 5.73 Å². The van der Waals surface area contributed by atoms with Gasteiger partial charge in [-0.15, -0.1) is 0 Å². The Morgan fingerprint density at radius 2 is 1.94 bits per heavy atom. The highest BCUT2D eigenvalue weighted by Gasteiger charge is 2.15. The van der Waals surface area contributed by atoms with E-state index in [0.29, 0.717) is 0 Å². The third-order valence-electron chi connectivity index (χ3n) is 3.19. The fourth-order valence-electron chi connectivity index (χ4n) is 2.20. The number of halogens is 1. The number of hydrogen-bond donors (Lipinski definition) is 1. The number of rotatable bonds is 2. The average molecular weight is 222 g/mol. The van der Waals surface area contributed by atoms with E-state index in [-0.39, 0.29) is 11.9 Å². The number of nitrogens with zero attached hydrogens (tertiary/aromatic N) is 1. The molecule has 2 N–H and O–H groups in total. The molecule has 0 saturated carbocycles. The molecule has 0 unspecified atom stereocenters. The zero-order chi connectivity index (χ0) is 11.5. The maximum Gasteiger partial charge on any atom is 0.146 e. The Morgan fingerprint density at radius 1 is 1.25 bits per heavy atom. The van der Waals surface area contributed by atoms with Gasteiger partial charge in [0.1, 0.15) is 5.82 Å². The van der Waals surface area contributed by atoms with Gasteiger partial charge in [0.2, 0.25) is 0 Å². The molecular formula is C13H19FN2. The minimum absolute atomic E-state index is 0.107. The van der Waals surface area contributed by atoms with Gasteiger partial charge < -0.3 is 10.6 Å². The Hall–Kier alpha value is -1.09. The van der Waals surface area contributed by atoms with Crippen LogP contribution in [-0.2, 0) is 0 Å². The highest BCUT2D eigenvalue weighted by Crippen LogP contribution is 2.25. The summed E-state index contributed by atoms with van der Waals surface area (Å²) < 4.78 is 13.9. The SMILES string of the molecule is C[C@@H](N)c1ccc(N2CCCCC2)c(F)c1. The van der Waals surface area contributed by atoms with Crippen molar-refractivity contribution in [1.29, 1.82) is 0 Å². The number of piperidine rings is 1. The maximum absolute atomic E-state index is 13.9. The molecule has 2 rings (SSSR count). The van der Waals surface area contributed by atoms with Gasteiger partial charge in [-0.25, -0.2) is 4.39 Å². The standard InChI is InChI=1S/C13H19FN2/c1-10(15)11-5-6-13(12(14)9-11)16-7-3-2-4-8-16/h5-6,9-10H,2-4,7-8,15H2,1H3/t10-/m1/s1. The van der Waals surface area contributed by atoms with Gasteiger partial charge in [-0.1, -0.05) is 6.07 Å². The van der Waals surface area contributed by atoms with Crippen molar-refractivity contribution in [1.82, 2.24) is 0 Å². The van der Waals surface area contributed by atoms with Crippen LogP contribution >= 0.6 is 0 Å². The van der Waals surface area contributed by atoms with E-state index in [1.54, 1.807) is 6.07 Å². The molecule has 1 saturated heterocycles. The second-order valence-electron chi connectivity index (χ2n) is 4.55. The minimum Gasteiger partial charge on any atom is -0.369 e. The van der Waals surface area contributed by atoms with Gasteiger partial charge in [0.25, 0.3) is 0 Å². The summed E-state index contributed by atoms with van der Waals surface area (Å²) in [5, 5.41) is 0. The molecule has 1 aliphatic heterocycles. The van der Waals surface area contributed by atoms with Crippen molar-refractivity contribution in [2.45, 2.75) is 32.2 Å². The van der Waals surface area contributed by atoms with Gasteiger partial charge in [-0.3, -0.25) is 0 Å². The van der Waals surface area contributed by atoms with E-state index < -0.39 is 0 Å². The van der Waals surface area contributed by atoms with Crippen LogP contribution in [0.1, 0.15) is 37.8 Å². The van der Waals surface area contributed by atoms with Crippen LogP contribution in [0.2, 0.25) is 0 Å². The normalized spacial score (nSPS) is 18.6. The van der Waals surface area contributed by atoms with Gasteiger partial charge in [0.15, 0.2) is 0 Å². The molecule has 0 amide bonds. The lowest BCUT2D eigenvalue weighted by Crippen LogP contribution is -2.30. The predicted octanol–water partition coefficient (Wildman–Crippen LogP) is 2.84. The Balaban J connectivity index is 2.21. The van der Waals surface area contributed by atoms with Crippen molar-refractivity contribution >= 4 is 5.69 Å². The van der Waals surface area contributed by atoms with Gasteiger partial charge in [-0.2, -0.15) is 0 Å². The highest BCUT2D eigenvalue weighted by molar-refractivity contribution is 5.49. The quantitative estimate of drug-likeness (QED) is 0.833. The summed E-state index contributed by atoms with van der Waals surface area (Å²) in [7, 11) is 0. The van der Waals surface area contributed by atoms with E-state index in [9.17, 15) is 4.39 Å². The Bertz CT molecular complexity index is 357. The van der Waals surface area contributed by atoms with Crippen LogP contribution < -0.4 is 10.6 Å². The monoisotopic (exact) mass is 222 g/mol. The maximum atomic E-state index is 13.9. The Labute approximate surface area is 96.2 Å². The Kier molecular flexibility index (Phi) is 3.44. The lowest BCUT2D eigenvalue weighted by atomic mass is 10.1.